The molecule has 1 rings (SSSR count). The quantitative estimate of drug-likeness (QED) is 0.733. The molecule has 0 radical (unpaired) electrons. The summed E-state index contributed by atoms with van der Waals surface area (Å²) in [6.45, 7) is 1.65. The topological polar surface area (TPSA) is 32.3 Å². The number of amides is 2. The fourth-order valence-electron chi connectivity index (χ4n) is 0.958. The highest BCUT2D eigenvalue weighted by Crippen LogP contribution is 2.13. The molecule has 1 aromatic rings. The Kier molecular flexibility index (Phi) is 3.06. The Bertz CT molecular complexity index is 350. The molecule has 0 saturated carbocycles. The SMILES string of the molecule is Cc1cc(NC(=O)N(C)C)ccc1F. The fourth-order valence-corrected chi connectivity index (χ4v) is 0.958. The molecule has 2 amide bonds. The number of hydrogen-bond donors (Lipinski definition) is 1. The maximum Gasteiger partial charge on any atom is 0.321 e. The van der Waals surface area contributed by atoms with Gasteiger partial charge in [-0.1, -0.05) is 0 Å². The minimum Gasteiger partial charge on any atom is -0.331 e. The number of hydrogen-bond acceptors (Lipinski definition) is 1. The van der Waals surface area contributed by atoms with Crippen LogP contribution in [0, 0.1) is 12.7 Å². The van der Waals surface area contributed by atoms with Gasteiger partial charge >= 0.3 is 6.03 Å². The van der Waals surface area contributed by atoms with Crippen LogP contribution in [0.15, 0.2) is 18.2 Å². The molecule has 1 N–H and O–H groups in total. The lowest BCUT2D eigenvalue weighted by Gasteiger charge is -2.12. The molecule has 0 atom stereocenters. The van der Waals surface area contributed by atoms with Crippen molar-refractivity contribution in [2.45, 2.75) is 6.92 Å². The number of nitrogens with one attached hydrogen (secondary N) is 1. The lowest BCUT2D eigenvalue weighted by Crippen LogP contribution is -2.27. The van der Waals surface area contributed by atoms with E-state index in [1.807, 2.05) is 0 Å². The molecule has 0 saturated heterocycles. The number of aryl methyl sites for hydroxylation is 1. The zero-order valence-electron chi connectivity index (χ0n) is 8.47. The Morgan fingerprint density at radius 3 is 2.57 bits per heavy atom. The third-order valence-electron chi connectivity index (χ3n) is 1.82. The second-order valence-corrected chi connectivity index (χ2v) is 3.29. The molecule has 0 aliphatic heterocycles. The number of carbonyl (C=O) groups excluding carboxylic acids is 1. The molecule has 0 aromatic heterocycles. The molecule has 76 valence electrons. The van der Waals surface area contributed by atoms with Gasteiger partial charge in [0.25, 0.3) is 0 Å². The first-order valence-corrected chi connectivity index (χ1v) is 4.25. The standard InChI is InChI=1S/C10H13FN2O/c1-7-6-8(4-5-9(7)11)12-10(14)13(2)3/h4-6H,1-3H3,(H,12,14). The first kappa shape index (κ1) is 10.5. The molecule has 0 unspecified atom stereocenters. The molecule has 0 aliphatic rings. The molecule has 0 aliphatic carbocycles. The number of benzene rings is 1. The lowest BCUT2D eigenvalue weighted by atomic mass is 10.2. The number of urea groups is 1. The van der Waals surface area contributed by atoms with Crippen molar-refractivity contribution in [3.63, 3.8) is 0 Å². The van der Waals surface area contributed by atoms with Crippen LogP contribution in [-0.4, -0.2) is 25.0 Å². The predicted octanol–water partition coefficient (Wildman–Crippen LogP) is 2.23. The van der Waals surface area contributed by atoms with E-state index in [0.717, 1.165) is 0 Å². The highest BCUT2D eigenvalue weighted by molar-refractivity contribution is 5.88. The van der Waals surface area contributed by atoms with Crippen LogP contribution in [0.2, 0.25) is 0 Å². The number of halogens is 1. The summed E-state index contributed by atoms with van der Waals surface area (Å²) in [4.78, 5) is 12.6. The summed E-state index contributed by atoms with van der Waals surface area (Å²) in [5, 5.41) is 2.63. The van der Waals surface area contributed by atoms with Gasteiger partial charge in [0.2, 0.25) is 0 Å². The van der Waals surface area contributed by atoms with Gasteiger partial charge in [-0.25, -0.2) is 9.18 Å². The summed E-state index contributed by atoms with van der Waals surface area (Å²) in [6, 6.07) is 4.23. The van der Waals surface area contributed by atoms with Gasteiger partial charge in [-0.15, -0.1) is 0 Å². The van der Waals surface area contributed by atoms with Crippen LogP contribution < -0.4 is 5.32 Å². The van der Waals surface area contributed by atoms with Crippen molar-refractivity contribution in [1.82, 2.24) is 4.90 Å². The minimum atomic E-state index is -0.271. The lowest BCUT2D eigenvalue weighted by molar-refractivity contribution is 0.230. The summed E-state index contributed by atoms with van der Waals surface area (Å²) in [5.41, 5.74) is 1.11. The molecule has 14 heavy (non-hydrogen) atoms. The van der Waals surface area contributed by atoms with Gasteiger partial charge < -0.3 is 10.2 Å². The highest BCUT2D eigenvalue weighted by Gasteiger charge is 2.04. The van der Waals surface area contributed by atoms with Crippen LogP contribution in [0.3, 0.4) is 0 Å². The largest absolute Gasteiger partial charge is 0.331 e. The molecule has 1 aromatic carbocycles. The minimum absolute atomic E-state index is 0.226. The molecule has 0 heterocycles. The number of anilines is 1. The monoisotopic (exact) mass is 196 g/mol. The second kappa shape index (κ2) is 4.09. The summed E-state index contributed by atoms with van der Waals surface area (Å²) in [6.07, 6.45) is 0. The van der Waals surface area contributed by atoms with Crippen molar-refractivity contribution in [2.24, 2.45) is 0 Å². The Labute approximate surface area is 82.5 Å². The zero-order valence-corrected chi connectivity index (χ0v) is 8.47. The van der Waals surface area contributed by atoms with E-state index in [1.54, 1.807) is 27.1 Å². The van der Waals surface area contributed by atoms with Crippen LogP contribution in [0.5, 0.6) is 0 Å². The van der Waals surface area contributed by atoms with Crippen molar-refractivity contribution >= 4 is 11.7 Å². The van der Waals surface area contributed by atoms with Crippen molar-refractivity contribution in [3.8, 4) is 0 Å². The van der Waals surface area contributed by atoms with E-state index in [-0.39, 0.29) is 11.8 Å². The summed E-state index contributed by atoms with van der Waals surface area (Å²) < 4.78 is 12.9. The van der Waals surface area contributed by atoms with Crippen molar-refractivity contribution in [1.29, 1.82) is 0 Å². The van der Waals surface area contributed by atoms with E-state index in [0.29, 0.717) is 11.3 Å². The molecule has 3 nitrogen and oxygen atoms in total. The Balaban J connectivity index is 2.78. The molecule has 0 bridgehead atoms. The van der Waals surface area contributed by atoms with Crippen LogP contribution in [-0.2, 0) is 0 Å². The molecule has 0 spiro atoms. The van der Waals surface area contributed by atoms with Gasteiger partial charge in [0.1, 0.15) is 5.82 Å². The predicted molar refractivity (Wildman–Crippen MR) is 53.8 cm³/mol. The van der Waals surface area contributed by atoms with E-state index in [4.69, 9.17) is 0 Å². The maximum absolute atomic E-state index is 12.9. The average molecular weight is 196 g/mol. The van der Waals surface area contributed by atoms with Crippen LogP contribution in [0.1, 0.15) is 5.56 Å². The Morgan fingerprint density at radius 2 is 2.07 bits per heavy atom. The van der Waals surface area contributed by atoms with Crippen LogP contribution >= 0.6 is 0 Å². The van der Waals surface area contributed by atoms with Crippen molar-refractivity contribution in [3.05, 3.63) is 29.6 Å². The molecule has 4 heteroatoms. The Hall–Kier alpha value is -1.58. The van der Waals surface area contributed by atoms with Gasteiger partial charge in [0, 0.05) is 19.8 Å². The smallest absolute Gasteiger partial charge is 0.321 e. The van der Waals surface area contributed by atoms with Gasteiger partial charge in [-0.05, 0) is 30.7 Å². The molecular formula is C10H13FN2O. The van der Waals surface area contributed by atoms with Gasteiger partial charge in [0.15, 0.2) is 0 Å². The third kappa shape index (κ3) is 2.45. The summed E-state index contributed by atoms with van der Waals surface area (Å²) >= 11 is 0. The second-order valence-electron chi connectivity index (χ2n) is 3.29. The van der Waals surface area contributed by atoms with Gasteiger partial charge in [-0.3, -0.25) is 0 Å². The first-order valence-electron chi connectivity index (χ1n) is 4.25. The third-order valence-corrected chi connectivity index (χ3v) is 1.82. The normalized spacial score (nSPS) is 9.71. The van der Waals surface area contributed by atoms with Gasteiger partial charge in [0.05, 0.1) is 0 Å². The van der Waals surface area contributed by atoms with Gasteiger partial charge in [-0.2, -0.15) is 0 Å². The van der Waals surface area contributed by atoms with E-state index >= 15 is 0 Å². The number of rotatable bonds is 1. The molecule has 0 fully saturated rings. The van der Waals surface area contributed by atoms with E-state index in [9.17, 15) is 9.18 Å². The number of carbonyl (C=O) groups is 1. The first-order chi connectivity index (χ1) is 6.50. The fraction of sp³-hybridized carbons (Fsp3) is 0.300. The highest BCUT2D eigenvalue weighted by atomic mass is 19.1. The van der Waals surface area contributed by atoms with E-state index < -0.39 is 0 Å². The number of nitrogens with zero attached hydrogens (tertiary/aromatic N) is 1. The Morgan fingerprint density at radius 1 is 1.43 bits per heavy atom. The summed E-state index contributed by atoms with van der Waals surface area (Å²) in [5.74, 6) is -0.271. The van der Waals surface area contributed by atoms with Crippen LogP contribution in [0.4, 0.5) is 14.9 Å². The van der Waals surface area contributed by atoms with Crippen molar-refractivity contribution in [2.75, 3.05) is 19.4 Å². The van der Waals surface area contributed by atoms with E-state index in [2.05, 4.69) is 5.32 Å². The summed E-state index contributed by atoms with van der Waals surface area (Å²) in [7, 11) is 3.29. The molecular weight excluding hydrogens is 183 g/mol. The average Bonchev–Trinajstić information content (AvgIpc) is 2.11. The van der Waals surface area contributed by atoms with Crippen molar-refractivity contribution < 1.29 is 9.18 Å². The van der Waals surface area contributed by atoms with E-state index in [1.165, 1.54) is 17.0 Å². The maximum atomic E-state index is 12.9. The van der Waals surface area contributed by atoms with Crippen LogP contribution in [0.25, 0.3) is 0 Å². The zero-order chi connectivity index (χ0) is 10.7.